The topological polar surface area (TPSA) is 43.6 Å². The standard InChI is InChI=1S/C13H16N4/c1-11(2)8-17-9-12(7-16-17)3-4-13-5-6-14-10-15-13/h3-7,9-11H,8H2,1-2H3. The fourth-order valence-corrected chi connectivity index (χ4v) is 1.52. The minimum Gasteiger partial charge on any atom is -0.272 e. The number of rotatable bonds is 4. The van der Waals surface area contributed by atoms with Gasteiger partial charge in [-0.2, -0.15) is 5.10 Å². The molecule has 0 saturated heterocycles. The van der Waals surface area contributed by atoms with Gasteiger partial charge in [0, 0.05) is 24.5 Å². The Labute approximate surface area is 101 Å². The van der Waals surface area contributed by atoms with E-state index in [0.29, 0.717) is 5.92 Å². The molecule has 0 fully saturated rings. The monoisotopic (exact) mass is 228 g/mol. The van der Waals surface area contributed by atoms with Crippen molar-refractivity contribution in [3.63, 3.8) is 0 Å². The first-order valence-corrected chi connectivity index (χ1v) is 5.70. The Morgan fingerprint density at radius 1 is 1.35 bits per heavy atom. The zero-order valence-corrected chi connectivity index (χ0v) is 10.1. The molecule has 0 N–H and O–H groups in total. The van der Waals surface area contributed by atoms with Crippen molar-refractivity contribution in [1.29, 1.82) is 0 Å². The quantitative estimate of drug-likeness (QED) is 0.807. The summed E-state index contributed by atoms with van der Waals surface area (Å²) in [6.45, 7) is 5.30. The molecule has 0 atom stereocenters. The minimum atomic E-state index is 0.605. The summed E-state index contributed by atoms with van der Waals surface area (Å²) in [5, 5.41) is 4.30. The van der Waals surface area contributed by atoms with E-state index in [0.717, 1.165) is 17.8 Å². The molecule has 2 aromatic rings. The summed E-state index contributed by atoms with van der Waals surface area (Å²) in [7, 11) is 0. The Morgan fingerprint density at radius 2 is 2.24 bits per heavy atom. The Balaban J connectivity index is 2.04. The summed E-state index contributed by atoms with van der Waals surface area (Å²) in [5.74, 6) is 0.605. The Morgan fingerprint density at radius 3 is 2.94 bits per heavy atom. The van der Waals surface area contributed by atoms with Gasteiger partial charge in [0.05, 0.1) is 11.9 Å². The third-order valence-electron chi connectivity index (χ3n) is 2.26. The van der Waals surface area contributed by atoms with Crippen molar-refractivity contribution in [3.8, 4) is 0 Å². The molecule has 0 radical (unpaired) electrons. The predicted octanol–water partition coefficient (Wildman–Crippen LogP) is 2.50. The smallest absolute Gasteiger partial charge is 0.115 e. The SMILES string of the molecule is CC(C)Cn1cc(C=Cc2ccncn2)cn1. The van der Waals surface area contributed by atoms with Gasteiger partial charge in [0.1, 0.15) is 6.33 Å². The molecule has 4 heteroatoms. The summed E-state index contributed by atoms with van der Waals surface area (Å²) in [5.41, 5.74) is 1.99. The van der Waals surface area contributed by atoms with Crippen LogP contribution < -0.4 is 0 Å². The maximum Gasteiger partial charge on any atom is 0.115 e. The van der Waals surface area contributed by atoms with E-state index in [4.69, 9.17) is 0 Å². The van der Waals surface area contributed by atoms with Crippen LogP contribution in [0.2, 0.25) is 0 Å². The molecular formula is C13H16N4. The van der Waals surface area contributed by atoms with Gasteiger partial charge in [-0.1, -0.05) is 13.8 Å². The van der Waals surface area contributed by atoms with Gasteiger partial charge in [-0.15, -0.1) is 0 Å². The Kier molecular flexibility index (Phi) is 3.65. The first-order chi connectivity index (χ1) is 8.24. The van der Waals surface area contributed by atoms with Crippen molar-refractivity contribution in [2.24, 2.45) is 5.92 Å². The van der Waals surface area contributed by atoms with E-state index < -0.39 is 0 Å². The van der Waals surface area contributed by atoms with Crippen LogP contribution in [0.3, 0.4) is 0 Å². The van der Waals surface area contributed by atoms with Crippen molar-refractivity contribution in [2.45, 2.75) is 20.4 Å². The Bertz CT molecular complexity index is 485. The van der Waals surface area contributed by atoms with Gasteiger partial charge in [-0.25, -0.2) is 9.97 Å². The minimum absolute atomic E-state index is 0.605. The van der Waals surface area contributed by atoms with Gasteiger partial charge in [0.15, 0.2) is 0 Å². The van der Waals surface area contributed by atoms with Crippen LogP contribution in [-0.4, -0.2) is 19.7 Å². The van der Waals surface area contributed by atoms with Gasteiger partial charge < -0.3 is 0 Å². The van der Waals surface area contributed by atoms with E-state index in [1.165, 1.54) is 0 Å². The second kappa shape index (κ2) is 5.39. The van der Waals surface area contributed by atoms with Gasteiger partial charge in [-0.05, 0) is 24.1 Å². The van der Waals surface area contributed by atoms with Crippen molar-refractivity contribution in [3.05, 3.63) is 42.2 Å². The van der Waals surface area contributed by atoms with Crippen LogP contribution in [-0.2, 0) is 6.54 Å². The zero-order valence-electron chi connectivity index (χ0n) is 10.1. The number of hydrogen-bond donors (Lipinski definition) is 0. The molecule has 2 heterocycles. The largest absolute Gasteiger partial charge is 0.272 e. The van der Waals surface area contributed by atoms with E-state index in [1.54, 1.807) is 12.5 Å². The van der Waals surface area contributed by atoms with E-state index in [1.807, 2.05) is 35.3 Å². The summed E-state index contributed by atoms with van der Waals surface area (Å²) in [6.07, 6.45) is 11.1. The van der Waals surface area contributed by atoms with Crippen LogP contribution in [0.1, 0.15) is 25.1 Å². The fraction of sp³-hybridized carbons (Fsp3) is 0.308. The van der Waals surface area contributed by atoms with Gasteiger partial charge in [0.25, 0.3) is 0 Å². The first kappa shape index (κ1) is 11.5. The number of nitrogens with zero attached hydrogens (tertiary/aromatic N) is 4. The molecule has 2 rings (SSSR count). The summed E-state index contributed by atoms with van der Waals surface area (Å²) >= 11 is 0. The zero-order chi connectivity index (χ0) is 12.1. The molecule has 0 aliphatic carbocycles. The van der Waals surface area contributed by atoms with Crippen LogP contribution in [0.4, 0.5) is 0 Å². The van der Waals surface area contributed by atoms with Crippen LogP contribution in [0.25, 0.3) is 12.2 Å². The van der Waals surface area contributed by atoms with Crippen LogP contribution >= 0.6 is 0 Å². The van der Waals surface area contributed by atoms with Crippen molar-refractivity contribution >= 4 is 12.2 Å². The van der Waals surface area contributed by atoms with E-state index in [2.05, 4.69) is 28.9 Å². The lowest BCUT2D eigenvalue weighted by molar-refractivity contribution is 0.483. The molecule has 2 aromatic heterocycles. The molecule has 88 valence electrons. The molecule has 0 aromatic carbocycles. The third kappa shape index (κ3) is 3.52. The fourth-order valence-electron chi connectivity index (χ4n) is 1.52. The normalized spacial score (nSPS) is 11.5. The highest BCUT2D eigenvalue weighted by Crippen LogP contribution is 2.06. The molecule has 17 heavy (non-hydrogen) atoms. The average molecular weight is 228 g/mol. The highest BCUT2D eigenvalue weighted by atomic mass is 15.3. The van der Waals surface area contributed by atoms with Crippen LogP contribution in [0.5, 0.6) is 0 Å². The van der Waals surface area contributed by atoms with Gasteiger partial charge in [0.2, 0.25) is 0 Å². The van der Waals surface area contributed by atoms with Crippen LogP contribution in [0, 0.1) is 5.92 Å². The maximum absolute atomic E-state index is 4.30. The summed E-state index contributed by atoms with van der Waals surface area (Å²) < 4.78 is 1.96. The number of hydrogen-bond acceptors (Lipinski definition) is 3. The summed E-state index contributed by atoms with van der Waals surface area (Å²) in [6, 6.07) is 1.87. The van der Waals surface area contributed by atoms with Gasteiger partial charge >= 0.3 is 0 Å². The predicted molar refractivity (Wildman–Crippen MR) is 68.0 cm³/mol. The van der Waals surface area contributed by atoms with E-state index in [9.17, 15) is 0 Å². The van der Waals surface area contributed by atoms with Crippen LogP contribution in [0.15, 0.2) is 31.0 Å². The molecule has 0 unspecified atom stereocenters. The lowest BCUT2D eigenvalue weighted by Gasteiger charge is -2.02. The molecule has 4 nitrogen and oxygen atoms in total. The molecular weight excluding hydrogens is 212 g/mol. The molecule has 0 bridgehead atoms. The first-order valence-electron chi connectivity index (χ1n) is 5.70. The lowest BCUT2D eigenvalue weighted by Crippen LogP contribution is -2.03. The third-order valence-corrected chi connectivity index (χ3v) is 2.26. The summed E-state index contributed by atoms with van der Waals surface area (Å²) in [4.78, 5) is 8.00. The molecule has 0 saturated carbocycles. The van der Waals surface area contributed by atoms with Crippen molar-refractivity contribution in [2.75, 3.05) is 0 Å². The second-order valence-electron chi connectivity index (χ2n) is 4.36. The second-order valence-corrected chi connectivity index (χ2v) is 4.36. The van der Waals surface area contributed by atoms with E-state index in [-0.39, 0.29) is 0 Å². The van der Waals surface area contributed by atoms with E-state index >= 15 is 0 Å². The average Bonchev–Trinajstić information content (AvgIpc) is 2.75. The van der Waals surface area contributed by atoms with Gasteiger partial charge in [-0.3, -0.25) is 4.68 Å². The molecule has 0 aliphatic heterocycles. The highest BCUT2D eigenvalue weighted by molar-refractivity contribution is 5.66. The molecule has 0 spiro atoms. The maximum atomic E-state index is 4.30. The lowest BCUT2D eigenvalue weighted by atomic mass is 10.2. The molecule has 0 amide bonds. The highest BCUT2D eigenvalue weighted by Gasteiger charge is 1.98. The Hall–Kier alpha value is -1.97. The molecule has 0 aliphatic rings. The number of aromatic nitrogens is 4. The van der Waals surface area contributed by atoms with Crippen molar-refractivity contribution < 1.29 is 0 Å². The van der Waals surface area contributed by atoms with Crippen molar-refractivity contribution in [1.82, 2.24) is 19.7 Å².